The molecule has 1 aliphatic rings. The lowest BCUT2D eigenvalue weighted by atomic mass is 10.3. The largest absolute Gasteiger partial charge is 0.453 e. The van der Waals surface area contributed by atoms with Gasteiger partial charge in [0.05, 0.1) is 5.69 Å². The molecule has 0 radical (unpaired) electrons. The van der Waals surface area contributed by atoms with Gasteiger partial charge in [0.2, 0.25) is 21.9 Å². The maximum absolute atomic E-state index is 11.8. The van der Waals surface area contributed by atoms with E-state index >= 15 is 0 Å². The fourth-order valence-electron chi connectivity index (χ4n) is 2.05. The predicted octanol–water partition coefficient (Wildman–Crippen LogP) is 1.34. The highest BCUT2D eigenvalue weighted by molar-refractivity contribution is 7.89. The number of anilines is 2. The second-order valence-corrected chi connectivity index (χ2v) is 6.77. The Bertz CT molecular complexity index is 832. The summed E-state index contributed by atoms with van der Waals surface area (Å²) in [5.74, 6) is -0.0311. The monoisotopic (exact) mass is 341 g/mol. The van der Waals surface area contributed by atoms with Crippen molar-refractivity contribution in [3.63, 3.8) is 0 Å². The van der Waals surface area contributed by atoms with Crippen molar-refractivity contribution >= 4 is 38.1 Å². The first-order valence-corrected chi connectivity index (χ1v) is 8.35. The number of primary amides is 1. The highest BCUT2D eigenvalue weighted by atomic mass is 32.2. The summed E-state index contributed by atoms with van der Waals surface area (Å²) in [5, 5.41) is 5.45. The quantitative estimate of drug-likeness (QED) is 0.871. The number of thiophene rings is 1. The molecular formula is C12H11N3O5S2. The molecule has 22 heavy (non-hydrogen) atoms. The van der Waals surface area contributed by atoms with Crippen LogP contribution in [-0.4, -0.2) is 21.2 Å². The summed E-state index contributed by atoms with van der Waals surface area (Å²) >= 11 is 0.925. The number of hydrogen-bond donors (Lipinski definition) is 2. The molecule has 0 saturated heterocycles. The second kappa shape index (κ2) is 5.16. The molecule has 1 aliphatic heterocycles. The van der Waals surface area contributed by atoms with E-state index < -0.39 is 16.1 Å². The topological polar surface area (TPSA) is 125 Å². The van der Waals surface area contributed by atoms with Gasteiger partial charge in [0.1, 0.15) is 0 Å². The first kappa shape index (κ1) is 14.6. The van der Waals surface area contributed by atoms with E-state index in [0.29, 0.717) is 5.69 Å². The molecule has 10 heteroatoms. The minimum absolute atomic E-state index is 0.0311. The predicted molar refractivity (Wildman–Crippen MR) is 80.0 cm³/mol. The van der Waals surface area contributed by atoms with Crippen LogP contribution in [0.2, 0.25) is 0 Å². The number of carbonyl (C=O) groups is 1. The molecule has 0 aliphatic carbocycles. The van der Waals surface area contributed by atoms with Crippen LogP contribution >= 0.6 is 11.3 Å². The Morgan fingerprint density at radius 1 is 1.23 bits per heavy atom. The first-order valence-electron chi connectivity index (χ1n) is 5.99. The van der Waals surface area contributed by atoms with E-state index in [9.17, 15) is 13.2 Å². The molecule has 2 bridgehead atoms. The third-order valence-corrected chi connectivity index (χ3v) is 5.03. The number of urea groups is 1. The van der Waals surface area contributed by atoms with Crippen LogP contribution in [0.4, 0.5) is 15.5 Å². The molecule has 0 spiro atoms. The van der Waals surface area contributed by atoms with Gasteiger partial charge in [-0.05, 0) is 12.1 Å². The number of nitrogens with zero attached hydrogens (tertiary/aromatic N) is 1. The summed E-state index contributed by atoms with van der Waals surface area (Å²) < 4.78 is 33.8. The van der Waals surface area contributed by atoms with Crippen molar-refractivity contribution in [2.45, 2.75) is 4.90 Å². The van der Waals surface area contributed by atoms with E-state index in [0.717, 1.165) is 16.2 Å². The molecule has 2 aromatic rings. The van der Waals surface area contributed by atoms with Crippen LogP contribution in [0.3, 0.4) is 0 Å². The Balaban J connectivity index is 2.22. The zero-order valence-corrected chi connectivity index (χ0v) is 12.7. The lowest BCUT2D eigenvalue weighted by Gasteiger charge is -2.20. The van der Waals surface area contributed by atoms with E-state index in [1.54, 1.807) is 30.3 Å². The highest BCUT2D eigenvalue weighted by Gasteiger charge is 2.36. The molecular weight excluding hydrogens is 330 g/mol. The average Bonchev–Trinajstić information content (AvgIpc) is 2.68. The summed E-state index contributed by atoms with van der Waals surface area (Å²) in [5.41, 5.74) is 5.90. The van der Waals surface area contributed by atoms with Gasteiger partial charge in [-0.25, -0.2) is 18.4 Å². The SMILES string of the molecule is NC(=O)N(c1ccccc1)c1sc2c(S(N)(=O)=O)c1OCO2. The number of para-hydroxylation sites is 1. The molecule has 8 nitrogen and oxygen atoms in total. The van der Waals surface area contributed by atoms with Gasteiger partial charge < -0.3 is 15.2 Å². The van der Waals surface area contributed by atoms with E-state index in [2.05, 4.69) is 0 Å². The third kappa shape index (κ3) is 2.36. The lowest BCUT2D eigenvalue weighted by molar-refractivity contribution is 0.102. The molecule has 0 unspecified atom stereocenters. The second-order valence-electron chi connectivity index (χ2n) is 4.31. The van der Waals surface area contributed by atoms with Gasteiger partial charge in [0.25, 0.3) is 0 Å². The minimum Gasteiger partial charge on any atom is -0.453 e. The number of ether oxygens (including phenoxy) is 2. The van der Waals surface area contributed by atoms with Crippen molar-refractivity contribution in [1.29, 1.82) is 0 Å². The van der Waals surface area contributed by atoms with E-state index in [4.69, 9.17) is 20.3 Å². The number of nitrogens with two attached hydrogens (primary N) is 2. The van der Waals surface area contributed by atoms with Crippen molar-refractivity contribution in [3.05, 3.63) is 30.3 Å². The van der Waals surface area contributed by atoms with Gasteiger partial charge in [-0.3, -0.25) is 4.90 Å². The molecule has 116 valence electrons. The molecule has 1 aromatic carbocycles. The first-order chi connectivity index (χ1) is 10.4. The van der Waals surface area contributed by atoms with Crippen molar-refractivity contribution < 1.29 is 22.7 Å². The van der Waals surface area contributed by atoms with Crippen LogP contribution in [0.1, 0.15) is 0 Å². The highest BCUT2D eigenvalue weighted by Crippen LogP contribution is 2.53. The number of primary sulfonamides is 1. The number of carbonyl (C=O) groups excluding carboxylic acids is 1. The zero-order chi connectivity index (χ0) is 15.9. The fraction of sp³-hybridized carbons (Fsp3) is 0.0833. The molecule has 4 N–H and O–H groups in total. The number of amides is 2. The van der Waals surface area contributed by atoms with Gasteiger partial charge in [0.15, 0.2) is 15.6 Å². The summed E-state index contributed by atoms with van der Waals surface area (Å²) in [6.07, 6.45) is 0. The maximum atomic E-state index is 11.8. The Labute approximate surface area is 129 Å². The summed E-state index contributed by atoms with van der Waals surface area (Å²) in [7, 11) is -4.06. The van der Waals surface area contributed by atoms with Crippen molar-refractivity contribution in [3.8, 4) is 10.8 Å². The van der Waals surface area contributed by atoms with E-state index in [-0.39, 0.29) is 27.5 Å². The van der Waals surface area contributed by atoms with Crippen LogP contribution in [0, 0.1) is 0 Å². The Hall–Kier alpha value is -2.30. The van der Waals surface area contributed by atoms with Gasteiger partial charge in [-0.15, -0.1) is 0 Å². The standard InChI is InChI=1S/C12H11N3O5S2/c13-12(16)15(7-4-2-1-3-5-7)10-8-9(22(14,17)18)11(21-10)20-6-19-8/h1-5H,6H2,(H2,13,16)(H2,14,17,18). The summed E-state index contributed by atoms with van der Waals surface area (Å²) in [6, 6.07) is 7.74. The minimum atomic E-state index is -4.06. The van der Waals surface area contributed by atoms with Crippen molar-refractivity contribution in [2.24, 2.45) is 10.9 Å². The number of rotatable bonds is 3. The Morgan fingerprint density at radius 2 is 1.91 bits per heavy atom. The Morgan fingerprint density at radius 3 is 2.45 bits per heavy atom. The smallest absolute Gasteiger partial charge is 0.324 e. The van der Waals surface area contributed by atoms with Crippen LogP contribution in [-0.2, 0) is 10.0 Å². The van der Waals surface area contributed by atoms with Crippen LogP contribution < -0.4 is 25.2 Å². The maximum Gasteiger partial charge on any atom is 0.324 e. The summed E-state index contributed by atoms with van der Waals surface area (Å²) in [4.78, 5) is 12.7. The molecule has 0 atom stereocenters. The van der Waals surface area contributed by atoms with Crippen LogP contribution in [0.5, 0.6) is 10.8 Å². The zero-order valence-electron chi connectivity index (χ0n) is 11.1. The molecule has 1 aromatic heterocycles. The third-order valence-electron chi connectivity index (χ3n) is 2.89. The van der Waals surface area contributed by atoms with E-state index in [1.165, 1.54) is 0 Å². The van der Waals surface area contributed by atoms with Gasteiger partial charge >= 0.3 is 6.03 Å². The van der Waals surface area contributed by atoms with Crippen molar-refractivity contribution in [2.75, 3.05) is 11.7 Å². The average molecular weight is 341 g/mol. The number of benzene rings is 1. The van der Waals surface area contributed by atoms with E-state index in [1.807, 2.05) is 0 Å². The number of sulfonamides is 1. The summed E-state index contributed by atoms with van der Waals surface area (Å²) in [6.45, 7) is -0.165. The fourth-order valence-corrected chi connectivity index (χ4v) is 4.30. The lowest BCUT2D eigenvalue weighted by Crippen LogP contribution is -2.31. The van der Waals surface area contributed by atoms with Gasteiger partial charge in [-0.1, -0.05) is 29.5 Å². The van der Waals surface area contributed by atoms with Crippen LogP contribution in [0.25, 0.3) is 0 Å². The molecule has 3 rings (SSSR count). The normalized spacial score (nSPS) is 13.1. The van der Waals surface area contributed by atoms with Gasteiger partial charge in [0, 0.05) is 0 Å². The Kier molecular flexibility index (Phi) is 3.43. The molecule has 2 amide bonds. The van der Waals surface area contributed by atoms with Crippen molar-refractivity contribution in [1.82, 2.24) is 0 Å². The number of hydrogen-bond acceptors (Lipinski definition) is 6. The molecule has 0 fully saturated rings. The van der Waals surface area contributed by atoms with Crippen LogP contribution in [0.15, 0.2) is 35.2 Å². The number of fused-ring (bicyclic) bond motifs is 2. The molecule has 0 saturated carbocycles. The van der Waals surface area contributed by atoms with Gasteiger partial charge in [-0.2, -0.15) is 0 Å². The molecule has 2 heterocycles.